The summed E-state index contributed by atoms with van der Waals surface area (Å²) in [5.74, 6) is 0.945. The van der Waals surface area contributed by atoms with Crippen LogP contribution in [-0.4, -0.2) is 49.6 Å². The van der Waals surface area contributed by atoms with E-state index in [1.54, 1.807) is 7.11 Å². The van der Waals surface area contributed by atoms with Gasteiger partial charge in [0.1, 0.15) is 5.75 Å². The van der Waals surface area contributed by atoms with Crippen LogP contribution in [0.15, 0.2) is 24.3 Å². The zero-order valence-electron chi connectivity index (χ0n) is 12.8. The van der Waals surface area contributed by atoms with Gasteiger partial charge in [0.2, 0.25) is 0 Å². The number of rotatable bonds is 4. The normalized spacial score (nSPS) is 22.7. The van der Waals surface area contributed by atoms with Gasteiger partial charge in [0.05, 0.1) is 7.11 Å². The second-order valence-electron chi connectivity index (χ2n) is 6.43. The van der Waals surface area contributed by atoms with Crippen molar-refractivity contribution in [1.82, 2.24) is 9.80 Å². The van der Waals surface area contributed by atoms with Crippen molar-refractivity contribution < 1.29 is 4.74 Å². The van der Waals surface area contributed by atoms with Crippen LogP contribution < -0.4 is 4.74 Å². The van der Waals surface area contributed by atoms with Crippen LogP contribution in [0.1, 0.15) is 25.3 Å². The Morgan fingerprint density at radius 3 is 2.25 bits per heavy atom. The fourth-order valence-corrected chi connectivity index (χ4v) is 3.66. The first kappa shape index (κ1) is 13.9. The summed E-state index contributed by atoms with van der Waals surface area (Å²) >= 11 is 0. The first-order valence-corrected chi connectivity index (χ1v) is 7.81. The summed E-state index contributed by atoms with van der Waals surface area (Å²) in [4.78, 5) is 5.17. The summed E-state index contributed by atoms with van der Waals surface area (Å²) in [7, 11) is 1.72. The van der Waals surface area contributed by atoms with Gasteiger partial charge in [0.25, 0.3) is 0 Å². The molecule has 2 aliphatic rings. The van der Waals surface area contributed by atoms with Crippen molar-refractivity contribution in [2.45, 2.75) is 26.3 Å². The van der Waals surface area contributed by atoms with Gasteiger partial charge in [-0.15, -0.1) is 0 Å². The van der Waals surface area contributed by atoms with Crippen LogP contribution in [-0.2, 0) is 6.54 Å². The van der Waals surface area contributed by atoms with Gasteiger partial charge in [-0.25, -0.2) is 0 Å². The number of ether oxygens (including phenoxy) is 1. The Bertz CT molecular complexity index is 427. The van der Waals surface area contributed by atoms with Gasteiger partial charge in [-0.3, -0.25) is 4.90 Å². The minimum atomic E-state index is 0.637. The maximum atomic E-state index is 5.21. The summed E-state index contributed by atoms with van der Waals surface area (Å²) in [5.41, 5.74) is 2.03. The predicted octanol–water partition coefficient (Wildman–Crippen LogP) is 2.61. The maximum absolute atomic E-state index is 5.21. The average molecular weight is 274 g/mol. The minimum Gasteiger partial charge on any atom is -0.497 e. The van der Waals surface area contributed by atoms with Crippen LogP contribution in [0.4, 0.5) is 0 Å². The largest absolute Gasteiger partial charge is 0.497 e. The van der Waals surface area contributed by atoms with Gasteiger partial charge < -0.3 is 9.64 Å². The fraction of sp³-hybridized carbons (Fsp3) is 0.647. The van der Waals surface area contributed by atoms with E-state index in [1.165, 1.54) is 51.1 Å². The van der Waals surface area contributed by atoms with E-state index >= 15 is 0 Å². The summed E-state index contributed by atoms with van der Waals surface area (Å²) < 4.78 is 5.21. The summed E-state index contributed by atoms with van der Waals surface area (Å²) in [6, 6.07) is 8.49. The standard InChI is InChI=1S/C17H26N2O/c1-3-18-10-8-17(9-11-18)13-19(14-17)12-15-4-6-16(20-2)7-5-15/h4-7H,3,8-14H2,1-2H3. The van der Waals surface area contributed by atoms with E-state index in [0.29, 0.717) is 5.41 Å². The van der Waals surface area contributed by atoms with Gasteiger partial charge in [-0.05, 0) is 55.6 Å². The Morgan fingerprint density at radius 1 is 1.05 bits per heavy atom. The predicted molar refractivity (Wildman–Crippen MR) is 82.1 cm³/mol. The Labute approximate surface area is 122 Å². The molecule has 2 heterocycles. The molecule has 2 aliphatic heterocycles. The van der Waals surface area contributed by atoms with Crippen molar-refractivity contribution in [3.63, 3.8) is 0 Å². The van der Waals surface area contributed by atoms with E-state index in [-0.39, 0.29) is 0 Å². The molecule has 0 radical (unpaired) electrons. The molecule has 2 saturated heterocycles. The van der Waals surface area contributed by atoms with Crippen LogP contribution in [0.25, 0.3) is 0 Å². The first-order chi connectivity index (χ1) is 9.73. The second kappa shape index (κ2) is 5.74. The van der Waals surface area contributed by atoms with Crippen LogP contribution in [0.2, 0.25) is 0 Å². The van der Waals surface area contributed by atoms with Crippen LogP contribution in [0.3, 0.4) is 0 Å². The lowest BCUT2D eigenvalue weighted by atomic mass is 9.72. The molecule has 1 spiro atoms. The van der Waals surface area contributed by atoms with Crippen molar-refractivity contribution in [2.24, 2.45) is 5.41 Å². The number of methoxy groups -OCH3 is 1. The summed E-state index contributed by atoms with van der Waals surface area (Å²) in [6.07, 6.45) is 2.78. The van der Waals surface area contributed by atoms with E-state index in [2.05, 4.69) is 41.0 Å². The molecule has 0 bridgehead atoms. The third kappa shape index (κ3) is 2.84. The number of nitrogens with zero attached hydrogens (tertiary/aromatic N) is 2. The van der Waals surface area contributed by atoms with Crippen LogP contribution in [0, 0.1) is 5.41 Å². The molecule has 0 saturated carbocycles. The number of hydrogen-bond donors (Lipinski definition) is 0. The van der Waals surface area contributed by atoms with Crippen molar-refractivity contribution in [1.29, 1.82) is 0 Å². The number of piperidine rings is 1. The Balaban J connectivity index is 1.48. The zero-order valence-corrected chi connectivity index (χ0v) is 12.8. The molecule has 2 fully saturated rings. The first-order valence-electron chi connectivity index (χ1n) is 7.81. The molecule has 1 aromatic carbocycles. The third-order valence-corrected chi connectivity index (χ3v) is 5.05. The fourth-order valence-electron chi connectivity index (χ4n) is 3.66. The molecule has 0 amide bonds. The molecule has 0 aliphatic carbocycles. The lowest BCUT2D eigenvalue weighted by molar-refractivity contribution is -0.0502. The molecule has 0 aromatic heterocycles. The molecular weight excluding hydrogens is 248 g/mol. The molecule has 3 nitrogen and oxygen atoms in total. The minimum absolute atomic E-state index is 0.637. The van der Waals surface area contributed by atoms with Gasteiger partial charge in [0, 0.05) is 19.6 Å². The van der Waals surface area contributed by atoms with E-state index in [1.807, 2.05) is 0 Å². The van der Waals surface area contributed by atoms with E-state index in [9.17, 15) is 0 Å². The van der Waals surface area contributed by atoms with Gasteiger partial charge in [-0.1, -0.05) is 19.1 Å². The highest BCUT2D eigenvalue weighted by atomic mass is 16.5. The Kier molecular flexibility index (Phi) is 3.99. The Morgan fingerprint density at radius 2 is 1.70 bits per heavy atom. The lowest BCUT2D eigenvalue weighted by Gasteiger charge is -2.54. The number of likely N-dealkylation sites (tertiary alicyclic amines) is 2. The highest BCUT2D eigenvalue weighted by Crippen LogP contribution is 2.40. The van der Waals surface area contributed by atoms with Crippen molar-refractivity contribution in [2.75, 3.05) is 39.8 Å². The topological polar surface area (TPSA) is 15.7 Å². The van der Waals surface area contributed by atoms with Gasteiger partial charge in [-0.2, -0.15) is 0 Å². The van der Waals surface area contributed by atoms with Crippen LogP contribution in [0.5, 0.6) is 5.75 Å². The van der Waals surface area contributed by atoms with Crippen LogP contribution >= 0.6 is 0 Å². The van der Waals surface area contributed by atoms with Gasteiger partial charge in [0.15, 0.2) is 0 Å². The maximum Gasteiger partial charge on any atom is 0.118 e. The number of hydrogen-bond acceptors (Lipinski definition) is 3. The monoisotopic (exact) mass is 274 g/mol. The smallest absolute Gasteiger partial charge is 0.118 e. The lowest BCUT2D eigenvalue weighted by Crippen LogP contribution is -2.59. The molecule has 110 valence electrons. The molecule has 3 heteroatoms. The molecule has 0 N–H and O–H groups in total. The molecule has 0 unspecified atom stereocenters. The van der Waals surface area contributed by atoms with Gasteiger partial charge >= 0.3 is 0 Å². The quantitative estimate of drug-likeness (QED) is 0.839. The zero-order chi connectivity index (χ0) is 14.0. The van der Waals surface area contributed by atoms with Crippen molar-refractivity contribution in [3.8, 4) is 5.75 Å². The molecule has 20 heavy (non-hydrogen) atoms. The number of benzene rings is 1. The Hall–Kier alpha value is -1.06. The van der Waals surface area contributed by atoms with E-state index in [0.717, 1.165) is 12.3 Å². The summed E-state index contributed by atoms with van der Waals surface area (Å²) in [6.45, 7) is 9.75. The molecular formula is C17H26N2O. The van der Waals surface area contributed by atoms with Crippen molar-refractivity contribution >= 4 is 0 Å². The highest BCUT2D eigenvalue weighted by molar-refractivity contribution is 5.27. The second-order valence-corrected chi connectivity index (χ2v) is 6.43. The van der Waals surface area contributed by atoms with E-state index < -0.39 is 0 Å². The molecule has 1 aromatic rings. The SMILES string of the molecule is CCN1CCC2(CC1)CN(Cc1ccc(OC)cc1)C2. The van der Waals surface area contributed by atoms with Crippen molar-refractivity contribution in [3.05, 3.63) is 29.8 Å². The van der Waals surface area contributed by atoms with E-state index in [4.69, 9.17) is 4.74 Å². The molecule has 3 rings (SSSR count). The third-order valence-electron chi connectivity index (χ3n) is 5.05. The average Bonchev–Trinajstić information content (AvgIpc) is 2.47. The summed E-state index contributed by atoms with van der Waals surface area (Å²) in [5, 5.41) is 0. The molecule has 0 atom stereocenters. The highest BCUT2D eigenvalue weighted by Gasteiger charge is 2.44.